The average Bonchev–Trinajstić information content (AvgIpc) is 2.71. The van der Waals surface area contributed by atoms with E-state index >= 15 is 0 Å². The maximum absolute atomic E-state index is 14.6. The summed E-state index contributed by atoms with van der Waals surface area (Å²) in [5.41, 5.74) is -1.30. The number of esters is 1. The first-order chi connectivity index (χ1) is 10.6. The van der Waals surface area contributed by atoms with Crippen molar-refractivity contribution >= 4 is 11.9 Å². The molecule has 0 N–H and O–H groups in total. The van der Waals surface area contributed by atoms with E-state index in [0.29, 0.717) is 0 Å². The van der Waals surface area contributed by atoms with E-state index in [9.17, 15) is 14.0 Å². The van der Waals surface area contributed by atoms with Gasteiger partial charge in [0.15, 0.2) is 6.17 Å². The topological polar surface area (TPSA) is 46.6 Å². The lowest BCUT2D eigenvalue weighted by molar-refractivity contribution is -0.169. The van der Waals surface area contributed by atoms with Crippen molar-refractivity contribution in [2.75, 3.05) is 6.54 Å². The van der Waals surface area contributed by atoms with Gasteiger partial charge in [0.2, 0.25) is 0 Å². The molecule has 1 heterocycles. The van der Waals surface area contributed by atoms with Crippen LogP contribution >= 0.6 is 0 Å². The molecule has 5 heteroatoms. The molecule has 2 rings (SSSR count). The Morgan fingerprint density at radius 1 is 1.35 bits per heavy atom. The molecule has 126 valence electrons. The van der Waals surface area contributed by atoms with E-state index in [-0.39, 0.29) is 12.6 Å². The maximum atomic E-state index is 14.6. The van der Waals surface area contributed by atoms with Gasteiger partial charge in [0, 0.05) is 6.54 Å². The molecule has 1 unspecified atom stereocenters. The third-order valence-electron chi connectivity index (χ3n) is 4.17. The standard InChI is InChI=1S/C18H24FNO3/c1-12(13-9-7-6-8-10-13)20-11-18(5,14(19)15(20)21)16(22)23-17(2,3)4/h6-10,12,14H,11H2,1-5H3/t12-,14?,18-/m1/s1. The first-order valence-corrected chi connectivity index (χ1v) is 7.79. The summed E-state index contributed by atoms with van der Waals surface area (Å²) in [5, 5.41) is 0. The third kappa shape index (κ3) is 3.38. The van der Waals surface area contributed by atoms with Gasteiger partial charge in [0.05, 0.1) is 6.04 Å². The quantitative estimate of drug-likeness (QED) is 0.803. The highest BCUT2D eigenvalue weighted by atomic mass is 19.1. The third-order valence-corrected chi connectivity index (χ3v) is 4.17. The Morgan fingerprint density at radius 2 is 1.91 bits per heavy atom. The molecule has 0 aromatic heterocycles. The van der Waals surface area contributed by atoms with E-state index in [1.807, 2.05) is 37.3 Å². The Balaban J connectivity index is 2.24. The predicted octanol–water partition coefficient (Wildman–Crippen LogP) is 3.28. The van der Waals surface area contributed by atoms with Crippen LogP contribution in [-0.4, -0.2) is 35.1 Å². The zero-order chi connectivity index (χ0) is 17.4. The van der Waals surface area contributed by atoms with Gasteiger partial charge in [-0.1, -0.05) is 30.3 Å². The second kappa shape index (κ2) is 5.95. The SMILES string of the molecule is C[C@H](c1ccccc1)N1C[C@@](C)(C(=O)OC(C)(C)C)C(F)C1=O. The summed E-state index contributed by atoms with van der Waals surface area (Å²) in [6.45, 7) is 8.48. The van der Waals surface area contributed by atoms with Crippen LogP contribution in [0.4, 0.5) is 4.39 Å². The Morgan fingerprint density at radius 3 is 2.43 bits per heavy atom. The largest absolute Gasteiger partial charge is 0.459 e. The van der Waals surface area contributed by atoms with Crippen molar-refractivity contribution in [3.63, 3.8) is 0 Å². The van der Waals surface area contributed by atoms with Crippen molar-refractivity contribution in [1.29, 1.82) is 0 Å². The number of hydrogen-bond donors (Lipinski definition) is 0. The van der Waals surface area contributed by atoms with Gasteiger partial charge in [-0.25, -0.2) is 4.39 Å². The van der Waals surface area contributed by atoms with Crippen LogP contribution in [0.3, 0.4) is 0 Å². The number of amides is 1. The van der Waals surface area contributed by atoms with Crippen molar-refractivity contribution in [2.24, 2.45) is 5.41 Å². The maximum Gasteiger partial charge on any atom is 0.317 e. The van der Waals surface area contributed by atoms with Crippen LogP contribution in [0.5, 0.6) is 0 Å². The minimum Gasteiger partial charge on any atom is -0.459 e. The van der Waals surface area contributed by atoms with Crippen LogP contribution in [0.15, 0.2) is 30.3 Å². The van der Waals surface area contributed by atoms with Crippen LogP contribution in [-0.2, 0) is 14.3 Å². The van der Waals surface area contributed by atoms with Crippen LogP contribution in [0.2, 0.25) is 0 Å². The summed E-state index contributed by atoms with van der Waals surface area (Å²) in [7, 11) is 0. The Bertz CT molecular complexity index is 596. The second-order valence-corrected chi connectivity index (χ2v) is 7.33. The molecule has 0 bridgehead atoms. The molecule has 1 aromatic rings. The van der Waals surface area contributed by atoms with Gasteiger partial charge in [-0.15, -0.1) is 0 Å². The summed E-state index contributed by atoms with van der Waals surface area (Å²) in [6, 6.07) is 9.08. The number of nitrogens with zero attached hydrogens (tertiary/aromatic N) is 1. The molecule has 1 saturated heterocycles. The van der Waals surface area contributed by atoms with Crippen molar-refractivity contribution < 1.29 is 18.7 Å². The number of benzene rings is 1. The number of carbonyl (C=O) groups excluding carboxylic acids is 2. The van der Waals surface area contributed by atoms with Gasteiger partial charge < -0.3 is 9.64 Å². The van der Waals surface area contributed by atoms with Crippen molar-refractivity contribution in [3.8, 4) is 0 Å². The highest BCUT2D eigenvalue weighted by Gasteiger charge is 2.57. The Kier molecular flexibility index (Phi) is 4.51. The van der Waals surface area contributed by atoms with Crippen molar-refractivity contribution in [3.05, 3.63) is 35.9 Å². The van der Waals surface area contributed by atoms with Gasteiger partial charge in [-0.3, -0.25) is 9.59 Å². The fourth-order valence-electron chi connectivity index (χ4n) is 2.73. The minimum atomic E-state index is -1.89. The smallest absolute Gasteiger partial charge is 0.317 e. The molecule has 0 spiro atoms. The zero-order valence-electron chi connectivity index (χ0n) is 14.3. The van der Waals surface area contributed by atoms with E-state index in [1.54, 1.807) is 20.8 Å². The van der Waals surface area contributed by atoms with Crippen LogP contribution in [0.25, 0.3) is 0 Å². The van der Waals surface area contributed by atoms with Gasteiger partial charge in [0.25, 0.3) is 5.91 Å². The van der Waals surface area contributed by atoms with Crippen molar-refractivity contribution in [2.45, 2.75) is 52.4 Å². The molecular formula is C18H24FNO3. The molecule has 0 aliphatic carbocycles. The molecule has 1 aromatic carbocycles. The molecule has 4 nitrogen and oxygen atoms in total. The lowest BCUT2D eigenvalue weighted by atomic mass is 9.87. The lowest BCUT2D eigenvalue weighted by Gasteiger charge is -2.29. The molecule has 1 amide bonds. The summed E-state index contributed by atoms with van der Waals surface area (Å²) in [4.78, 5) is 26.2. The highest BCUT2D eigenvalue weighted by molar-refractivity contribution is 5.93. The zero-order valence-corrected chi connectivity index (χ0v) is 14.3. The van der Waals surface area contributed by atoms with Gasteiger partial charge in [-0.2, -0.15) is 0 Å². The monoisotopic (exact) mass is 321 g/mol. The molecule has 0 saturated carbocycles. The Hall–Kier alpha value is -1.91. The fraction of sp³-hybridized carbons (Fsp3) is 0.556. The summed E-state index contributed by atoms with van der Waals surface area (Å²) in [5.74, 6) is -1.33. The first kappa shape index (κ1) is 17.4. The molecule has 1 aliphatic rings. The average molecular weight is 321 g/mol. The van der Waals surface area contributed by atoms with Gasteiger partial charge in [0.1, 0.15) is 11.0 Å². The van der Waals surface area contributed by atoms with Gasteiger partial charge in [-0.05, 0) is 40.2 Å². The highest BCUT2D eigenvalue weighted by Crippen LogP contribution is 2.40. The van der Waals surface area contributed by atoms with Crippen LogP contribution in [0, 0.1) is 5.41 Å². The molecule has 3 atom stereocenters. The fourth-order valence-corrected chi connectivity index (χ4v) is 2.73. The molecule has 23 heavy (non-hydrogen) atoms. The predicted molar refractivity (Wildman–Crippen MR) is 85.4 cm³/mol. The normalized spacial score (nSPS) is 26.3. The summed E-state index contributed by atoms with van der Waals surface area (Å²) < 4.78 is 19.9. The van der Waals surface area contributed by atoms with E-state index in [4.69, 9.17) is 4.74 Å². The number of hydrogen-bond acceptors (Lipinski definition) is 3. The molecule has 0 radical (unpaired) electrons. The van der Waals surface area contributed by atoms with Crippen LogP contribution in [0.1, 0.15) is 46.2 Å². The van der Waals surface area contributed by atoms with E-state index in [2.05, 4.69) is 0 Å². The number of carbonyl (C=O) groups is 2. The lowest BCUT2D eigenvalue weighted by Crippen LogP contribution is -2.42. The molecular weight excluding hydrogens is 297 g/mol. The van der Waals surface area contributed by atoms with E-state index < -0.39 is 29.1 Å². The summed E-state index contributed by atoms with van der Waals surface area (Å²) in [6.07, 6.45) is -1.89. The van der Waals surface area contributed by atoms with E-state index in [0.717, 1.165) is 5.56 Å². The van der Waals surface area contributed by atoms with Crippen molar-refractivity contribution in [1.82, 2.24) is 4.90 Å². The van der Waals surface area contributed by atoms with Crippen LogP contribution < -0.4 is 0 Å². The molecule has 1 fully saturated rings. The Labute approximate surface area is 136 Å². The van der Waals surface area contributed by atoms with Gasteiger partial charge >= 0.3 is 5.97 Å². The number of ether oxygens (including phenoxy) is 1. The minimum absolute atomic E-state index is 0.0119. The van der Waals surface area contributed by atoms with E-state index in [1.165, 1.54) is 11.8 Å². The second-order valence-electron chi connectivity index (χ2n) is 7.33. The number of rotatable bonds is 3. The first-order valence-electron chi connectivity index (χ1n) is 7.79. The number of likely N-dealkylation sites (tertiary alicyclic amines) is 1. The number of alkyl halides is 1. The molecule has 1 aliphatic heterocycles. The number of halogens is 1. The summed E-state index contributed by atoms with van der Waals surface area (Å²) >= 11 is 0.